The molecule has 0 spiro atoms. The first-order chi connectivity index (χ1) is 15.7. The highest BCUT2D eigenvalue weighted by Crippen LogP contribution is 2.28. The van der Waals surface area contributed by atoms with Crippen LogP contribution in [0.4, 0.5) is 0 Å². The molecule has 0 saturated heterocycles. The van der Waals surface area contributed by atoms with Gasteiger partial charge in [0.1, 0.15) is 0 Å². The second-order valence-electron chi connectivity index (χ2n) is 7.05. The Morgan fingerprint density at radius 3 is 2.16 bits per heavy atom. The van der Waals surface area contributed by atoms with E-state index in [0.29, 0.717) is 11.5 Å². The van der Waals surface area contributed by atoms with E-state index in [4.69, 9.17) is 9.47 Å². The topological polar surface area (TPSA) is 61.3 Å². The van der Waals surface area contributed by atoms with E-state index in [2.05, 4.69) is 9.97 Å². The smallest absolute Gasteiger partial charge is 0.178 e. The standard InChI is InChI=1S/C27H22N2O3/c1-31-26-16-11-20(17-27(26)32-2)10-15-22(30)14-9-19-7-12-21(13-8-19)25-18-28-23-5-3-4-6-24(23)29-25/h3-18H,1-2H3. The van der Waals surface area contributed by atoms with Gasteiger partial charge in [0.2, 0.25) is 0 Å². The van der Waals surface area contributed by atoms with Crippen LogP contribution in [0, 0.1) is 0 Å². The minimum Gasteiger partial charge on any atom is -0.493 e. The number of aromatic nitrogens is 2. The summed E-state index contributed by atoms with van der Waals surface area (Å²) in [5.74, 6) is 1.16. The number of hydrogen-bond acceptors (Lipinski definition) is 5. The molecule has 1 heterocycles. The van der Waals surface area contributed by atoms with Gasteiger partial charge in [-0.15, -0.1) is 0 Å². The minimum absolute atomic E-state index is 0.107. The van der Waals surface area contributed by atoms with Gasteiger partial charge in [0.05, 0.1) is 37.1 Å². The molecule has 0 fully saturated rings. The maximum Gasteiger partial charge on any atom is 0.178 e. The molecule has 0 bridgehead atoms. The van der Waals surface area contributed by atoms with Crippen LogP contribution in [0.3, 0.4) is 0 Å². The van der Waals surface area contributed by atoms with Crippen LogP contribution >= 0.6 is 0 Å². The van der Waals surface area contributed by atoms with E-state index in [9.17, 15) is 4.79 Å². The van der Waals surface area contributed by atoms with Gasteiger partial charge in [-0.05, 0) is 47.5 Å². The fourth-order valence-electron chi connectivity index (χ4n) is 3.23. The molecule has 0 saturated carbocycles. The molecule has 0 aliphatic heterocycles. The number of allylic oxidation sites excluding steroid dienone is 2. The van der Waals surface area contributed by atoms with Gasteiger partial charge in [-0.25, -0.2) is 4.98 Å². The van der Waals surface area contributed by atoms with E-state index < -0.39 is 0 Å². The van der Waals surface area contributed by atoms with Gasteiger partial charge in [-0.1, -0.05) is 54.6 Å². The monoisotopic (exact) mass is 422 g/mol. The Kier molecular flexibility index (Phi) is 6.37. The molecule has 158 valence electrons. The van der Waals surface area contributed by atoms with Crippen molar-refractivity contribution in [2.75, 3.05) is 14.2 Å². The highest BCUT2D eigenvalue weighted by Gasteiger charge is 2.04. The highest BCUT2D eigenvalue weighted by molar-refractivity contribution is 6.04. The molecule has 0 N–H and O–H groups in total. The highest BCUT2D eigenvalue weighted by atomic mass is 16.5. The van der Waals surface area contributed by atoms with E-state index in [1.807, 2.05) is 60.7 Å². The van der Waals surface area contributed by atoms with E-state index in [1.54, 1.807) is 44.7 Å². The first kappa shape index (κ1) is 21.0. The third kappa shape index (κ3) is 4.90. The summed E-state index contributed by atoms with van der Waals surface area (Å²) in [4.78, 5) is 21.4. The van der Waals surface area contributed by atoms with Gasteiger partial charge in [0.25, 0.3) is 0 Å². The van der Waals surface area contributed by atoms with Crippen LogP contribution in [-0.2, 0) is 4.79 Å². The van der Waals surface area contributed by atoms with Crippen molar-refractivity contribution in [2.45, 2.75) is 0 Å². The number of nitrogens with zero attached hydrogens (tertiary/aromatic N) is 2. The van der Waals surface area contributed by atoms with Gasteiger partial charge in [0, 0.05) is 5.56 Å². The van der Waals surface area contributed by atoms with Crippen molar-refractivity contribution in [3.8, 4) is 22.8 Å². The lowest BCUT2D eigenvalue weighted by Gasteiger charge is -2.07. The van der Waals surface area contributed by atoms with Crippen LogP contribution in [-0.4, -0.2) is 30.0 Å². The number of fused-ring (bicyclic) bond motifs is 1. The van der Waals surface area contributed by atoms with E-state index in [-0.39, 0.29) is 5.78 Å². The zero-order valence-electron chi connectivity index (χ0n) is 17.9. The van der Waals surface area contributed by atoms with Crippen LogP contribution in [0.5, 0.6) is 11.5 Å². The molecule has 0 atom stereocenters. The van der Waals surface area contributed by atoms with Crippen LogP contribution in [0.15, 0.2) is 85.1 Å². The first-order valence-corrected chi connectivity index (χ1v) is 10.1. The summed E-state index contributed by atoms with van der Waals surface area (Å²) in [5.41, 5.74) is 5.30. The maximum atomic E-state index is 12.2. The third-order valence-corrected chi connectivity index (χ3v) is 4.94. The molecule has 0 aliphatic rings. The molecule has 0 unspecified atom stereocenters. The summed E-state index contributed by atoms with van der Waals surface area (Å²) < 4.78 is 10.5. The SMILES string of the molecule is COc1ccc(C=CC(=O)C=Cc2ccc(-c3cnc4ccccc4n3)cc2)cc1OC. The zero-order chi connectivity index (χ0) is 22.3. The van der Waals surface area contributed by atoms with Crippen molar-refractivity contribution in [3.05, 3.63) is 96.2 Å². The Balaban J connectivity index is 1.43. The number of ketones is 1. The second-order valence-corrected chi connectivity index (χ2v) is 7.05. The van der Waals surface area contributed by atoms with Crippen molar-refractivity contribution in [1.82, 2.24) is 9.97 Å². The summed E-state index contributed by atoms with van der Waals surface area (Å²) in [6.07, 6.45) is 8.38. The number of carbonyl (C=O) groups is 1. The number of rotatable bonds is 7. The lowest BCUT2D eigenvalue weighted by Crippen LogP contribution is -1.91. The van der Waals surface area contributed by atoms with Crippen LogP contribution in [0.1, 0.15) is 11.1 Å². The summed E-state index contributed by atoms with van der Waals surface area (Å²) in [5, 5.41) is 0. The lowest BCUT2D eigenvalue weighted by atomic mass is 10.1. The van der Waals surface area contributed by atoms with Gasteiger partial charge in [0.15, 0.2) is 17.3 Å². The average molecular weight is 422 g/mol. The molecular weight excluding hydrogens is 400 g/mol. The second kappa shape index (κ2) is 9.71. The quantitative estimate of drug-likeness (QED) is 0.362. The summed E-state index contributed by atoms with van der Waals surface area (Å²) >= 11 is 0. The molecule has 4 rings (SSSR count). The molecular formula is C27H22N2O3. The Morgan fingerprint density at radius 1 is 0.781 bits per heavy atom. The van der Waals surface area contributed by atoms with Crippen molar-refractivity contribution >= 4 is 29.0 Å². The first-order valence-electron chi connectivity index (χ1n) is 10.1. The maximum absolute atomic E-state index is 12.2. The van der Waals surface area contributed by atoms with Gasteiger partial charge >= 0.3 is 0 Å². The summed E-state index contributed by atoms with van der Waals surface area (Å²) in [6, 6.07) is 21.1. The van der Waals surface area contributed by atoms with Gasteiger partial charge < -0.3 is 9.47 Å². The van der Waals surface area contributed by atoms with Gasteiger partial charge in [-0.3, -0.25) is 9.78 Å². The number of benzene rings is 3. The molecule has 4 aromatic rings. The molecule has 3 aromatic carbocycles. The summed E-state index contributed by atoms with van der Waals surface area (Å²) in [6.45, 7) is 0. The van der Waals surface area contributed by atoms with Crippen LogP contribution in [0.2, 0.25) is 0 Å². The lowest BCUT2D eigenvalue weighted by molar-refractivity contribution is -0.110. The normalized spacial score (nSPS) is 11.3. The predicted octanol–water partition coefficient (Wildman–Crippen LogP) is 5.61. The van der Waals surface area contributed by atoms with Crippen molar-refractivity contribution in [2.24, 2.45) is 0 Å². The Morgan fingerprint density at radius 2 is 1.44 bits per heavy atom. The fraction of sp³-hybridized carbons (Fsp3) is 0.0741. The van der Waals surface area contributed by atoms with Crippen LogP contribution in [0.25, 0.3) is 34.4 Å². The molecule has 5 heteroatoms. The summed E-state index contributed by atoms with van der Waals surface area (Å²) in [7, 11) is 3.17. The van der Waals surface area contributed by atoms with Gasteiger partial charge in [-0.2, -0.15) is 0 Å². The van der Waals surface area contributed by atoms with E-state index >= 15 is 0 Å². The Labute approximate surface area is 186 Å². The fourth-order valence-corrected chi connectivity index (χ4v) is 3.23. The van der Waals surface area contributed by atoms with Crippen molar-refractivity contribution < 1.29 is 14.3 Å². The molecule has 0 radical (unpaired) electrons. The Hall–Kier alpha value is -4.25. The van der Waals surface area contributed by atoms with E-state index in [1.165, 1.54) is 6.08 Å². The molecule has 0 amide bonds. The molecule has 0 aliphatic carbocycles. The minimum atomic E-state index is -0.107. The molecule has 5 nitrogen and oxygen atoms in total. The number of carbonyl (C=O) groups excluding carboxylic acids is 1. The predicted molar refractivity (Wildman–Crippen MR) is 128 cm³/mol. The van der Waals surface area contributed by atoms with Crippen molar-refractivity contribution in [3.63, 3.8) is 0 Å². The Bertz CT molecular complexity index is 1310. The zero-order valence-corrected chi connectivity index (χ0v) is 17.9. The average Bonchev–Trinajstić information content (AvgIpc) is 2.86. The number of ether oxygens (including phenoxy) is 2. The third-order valence-electron chi connectivity index (χ3n) is 4.94. The van der Waals surface area contributed by atoms with E-state index in [0.717, 1.165) is 33.4 Å². The van der Waals surface area contributed by atoms with Crippen LogP contribution < -0.4 is 9.47 Å². The molecule has 1 aromatic heterocycles. The number of methoxy groups -OCH3 is 2. The van der Waals surface area contributed by atoms with Crippen molar-refractivity contribution in [1.29, 1.82) is 0 Å². The largest absolute Gasteiger partial charge is 0.493 e. The number of para-hydroxylation sites is 2. The molecule has 32 heavy (non-hydrogen) atoms. The number of hydrogen-bond donors (Lipinski definition) is 0.